The number of fused-ring (bicyclic) bond motifs is 1. The number of anilines is 1. The minimum atomic E-state index is -1.06. The van der Waals surface area contributed by atoms with Crippen molar-refractivity contribution in [1.29, 1.82) is 0 Å². The van der Waals surface area contributed by atoms with Gasteiger partial charge in [-0.05, 0) is 30.2 Å². The van der Waals surface area contributed by atoms with E-state index in [1.165, 1.54) is 10.5 Å². The SMILES string of the molecule is Nc1cccc(OCC2Cc3ccccc3S2)c1C(=O)O. The Kier molecular flexibility index (Phi) is 3.75. The molecule has 0 fully saturated rings. The van der Waals surface area contributed by atoms with E-state index < -0.39 is 5.97 Å². The molecule has 1 aliphatic rings. The van der Waals surface area contributed by atoms with Crippen molar-refractivity contribution < 1.29 is 14.6 Å². The van der Waals surface area contributed by atoms with Crippen LogP contribution in [0.3, 0.4) is 0 Å². The fourth-order valence-electron chi connectivity index (χ4n) is 2.43. The zero-order chi connectivity index (χ0) is 14.8. The van der Waals surface area contributed by atoms with Crippen LogP contribution in [0, 0.1) is 0 Å². The van der Waals surface area contributed by atoms with Gasteiger partial charge in [-0.25, -0.2) is 4.79 Å². The van der Waals surface area contributed by atoms with Crippen LogP contribution < -0.4 is 10.5 Å². The second kappa shape index (κ2) is 5.69. The monoisotopic (exact) mass is 301 g/mol. The third-order valence-corrected chi connectivity index (χ3v) is 4.70. The lowest BCUT2D eigenvalue weighted by molar-refractivity contribution is 0.0693. The second-order valence-corrected chi connectivity index (χ2v) is 6.23. The smallest absolute Gasteiger partial charge is 0.341 e. The predicted octanol–water partition coefficient (Wildman–Crippen LogP) is 3.06. The number of hydrogen-bond acceptors (Lipinski definition) is 4. The maximum absolute atomic E-state index is 11.3. The van der Waals surface area contributed by atoms with Gasteiger partial charge in [0.25, 0.3) is 0 Å². The van der Waals surface area contributed by atoms with Gasteiger partial charge in [0.2, 0.25) is 0 Å². The lowest BCUT2D eigenvalue weighted by Crippen LogP contribution is -2.15. The summed E-state index contributed by atoms with van der Waals surface area (Å²) in [5, 5.41) is 9.51. The average Bonchev–Trinajstić information content (AvgIpc) is 2.87. The topological polar surface area (TPSA) is 72.5 Å². The Hall–Kier alpha value is -2.14. The maximum atomic E-state index is 11.3. The van der Waals surface area contributed by atoms with Crippen molar-refractivity contribution in [2.45, 2.75) is 16.6 Å². The zero-order valence-electron chi connectivity index (χ0n) is 11.3. The van der Waals surface area contributed by atoms with E-state index in [0.29, 0.717) is 17.6 Å². The third kappa shape index (κ3) is 2.83. The van der Waals surface area contributed by atoms with Crippen molar-refractivity contribution in [2.24, 2.45) is 0 Å². The van der Waals surface area contributed by atoms with E-state index in [1.807, 2.05) is 12.1 Å². The Morgan fingerprint density at radius 1 is 1.29 bits per heavy atom. The quantitative estimate of drug-likeness (QED) is 0.849. The molecule has 0 aliphatic carbocycles. The lowest BCUT2D eigenvalue weighted by atomic mass is 10.1. The van der Waals surface area contributed by atoms with Crippen molar-refractivity contribution in [3.05, 3.63) is 53.6 Å². The Morgan fingerprint density at radius 2 is 2.10 bits per heavy atom. The van der Waals surface area contributed by atoms with Crippen LogP contribution in [0.15, 0.2) is 47.4 Å². The van der Waals surface area contributed by atoms with E-state index in [-0.39, 0.29) is 11.3 Å². The molecule has 0 saturated carbocycles. The Balaban J connectivity index is 1.70. The molecule has 0 bridgehead atoms. The van der Waals surface area contributed by atoms with Crippen LogP contribution in [0.4, 0.5) is 5.69 Å². The van der Waals surface area contributed by atoms with Gasteiger partial charge in [0.15, 0.2) is 0 Å². The van der Waals surface area contributed by atoms with Crippen LogP contribution in [0.25, 0.3) is 0 Å². The predicted molar refractivity (Wildman–Crippen MR) is 83.1 cm³/mol. The molecule has 108 valence electrons. The molecule has 1 atom stereocenters. The van der Waals surface area contributed by atoms with E-state index in [2.05, 4.69) is 12.1 Å². The Bertz CT molecular complexity index is 662. The summed E-state index contributed by atoms with van der Waals surface area (Å²) < 4.78 is 5.71. The molecule has 0 spiro atoms. The number of nitrogen functional groups attached to an aromatic ring is 1. The number of aromatic carboxylic acids is 1. The van der Waals surface area contributed by atoms with E-state index in [9.17, 15) is 9.90 Å². The Labute approximate surface area is 126 Å². The van der Waals surface area contributed by atoms with E-state index in [0.717, 1.165) is 6.42 Å². The van der Waals surface area contributed by atoms with E-state index in [4.69, 9.17) is 10.5 Å². The highest BCUT2D eigenvalue weighted by atomic mass is 32.2. The molecule has 1 unspecified atom stereocenters. The standard InChI is InChI=1S/C16H15NO3S/c17-12-5-3-6-13(15(12)16(18)19)20-9-11-8-10-4-1-2-7-14(10)21-11/h1-7,11H,8-9,17H2,(H,18,19). The number of carboxylic acids is 1. The molecule has 0 amide bonds. The highest BCUT2D eigenvalue weighted by Crippen LogP contribution is 2.37. The van der Waals surface area contributed by atoms with Crippen molar-refractivity contribution >= 4 is 23.4 Å². The first-order chi connectivity index (χ1) is 10.1. The summed E-state index contributed by atoms with van der Waals surface area (Å²) >= 11 is 1.77. The molecule has 4 nitrogen and oxygen atoms in total. The number of rotatable bonds is 4. The van der Waals surface area contributed by atoms with Gasteiger partial charge in [-0.3, -0.25) is 0 Å². The number of benzene rings is 2. The van der Waals surface area contributed by atoms with Crippen LogP contribution in [0.1, 0.15) is 15.9 Å². The normalized spacial score (nSPS) is 16.5. The van der Waals surface area contributed by atoms with Crippen LogP contribution in [0.2, 0.25) is 0 Å². The van der Waals surface area contributed by atoms with Gasteiger partial charge in [0.05, 0.1) is 0 Å². The number of thioether (sulfide) groups is 1. The molecule has 1 aliphatic heterocycles. The van der Waals surface area contributed by atoms with Gasteiger partial charge in [0.1, 0.15) is 17.9 Å². The molecular formula is C16H15NO3S. The molecule has 3 rings (SSSR count). The zero-order valence-corrected chi connectivity index (χ0v) is 12.1. The van der Waals surface area contributed by atoms with Crippen LogP contribution in [-0.4, -0.2) is 22.9 Å². The molecule has 3 N–H and O–H groups in total. The second-order valence-electron chi connectivity index (χ2n) is 4.89. The number of carboxylic acid groups (broad SMARTS) is 1. The summed E-state index contributed by atoms with van der Waals surface area (Å²) in [5.41, 5.74) is 7.29. The number of carbonyl (C=O) groups is 1. The first-order valence-corrected chi connectivity index (χ1v) is 7.52. The maximum Gasteiger partial charge on any atom is 0.341 e. The van der Waals surface area contributed by atoms with E-state index in [1.54, 1.807) is 30.0 Å². The highest BCUT2D eigenvalue weighted by molar-refractivity contribution is 8.00. The summed E-state index contributed by atoms with van der Waals surface area (Å²) in [5.74, 6) is -0.732. The van der Waals surface area contributed by atoms with Gasteiger partial charge in [0, 0.05) is 15.8 Å². The van der Waals surface area contributed by atoms with Crippen LogP contribution in [-0.2, 0) is 6.42 Å². The van der Waals surface area contributed by atoms with E-state index >= 15 is 0 Å². The average molecular weight is 301 g/mol. The summed E-state index contributed by atoms with van der Waals surface area (Å²) in [6.07, 6.45) is 0.936. The summed E-state index contributed by atoms with van der Waals surface area (Å²) in [6, 6.07) is 13.2. The molecule has 0 radical (unpaired) electrons. The first-order valence-electron chi connectivity index (χ1n) is 6.64. The van der Waals surface area contributed by atoms with Crippen molar-refractivity contribution in [2.75, 3.05) is 12.3 Å². The molecule has 2 aromatic carbocycles. The molecule has 1 heterocycles. The van der Waals surface area contributed by atoms with Gasteiger partial charge < -0.3 is 15.6 Å². The minimum Gasteiger partial charge on any atom is -0.491 e. The highest BCUT2D eigenvalue weighted by Gasteiger charge is 2.23. The van der Waals surface area contributed by atoms with Gasteiger partial charge in [-0.15, -0.1) is 11.8 Å². The first kappa shape index (κ1) is 13.8. The molecule has 5 heteroatoms. The molecule has 0 saturated heterocycles. The fourth-order valence-corrected chi connectivity index (χ4v) is 3.64. The largest absolute Gasteiger partial charge is 0.491 e. The van der Waals surface area contributed by atoms with Crippen molar-refractivity contribution in [3.63, 3.8) is 0 Å². The summed E-state index contributed by atoms with van der Waals surface area (Å²) in [4.78, 5) is 12.5. The number of ether oxygens (including phenoxy) is 1. The van der Waals surface area contributed by atoms with Gasteiger partial charge in [-0.2, -0.15) is 0 Å². The van der Waals surface area contributed by atoms with Crippen molar-refractivity contribution in [1.82, 2.24) is 0 Å². The van der Waals surface area contributed by atoms with Crippen LogP contribution >= 0.6 is 11.8 Å². The van der Waals surface area contributed by atoms with Crippen LogP contribution in [0.5, 0.6) is 5.75 Å². The fraction of sp³-hybridized carbons (Fsp3) is 0.188. The van der Waals surface area contributed by atoms with Crippen molar-refractivity contribution in [3.8, 4) is 5.75 Å². The molecule has 21 heavy (non-hydrogen) atoms. The summed E-state index contributed by atoms with van der Waals surface area (Å²) in [7, 11) is 0. The van der Waals surface area contributed by atoms with Gasteiger partial charge in [-0.1, -0.05) is 24.3 Å². The van der Waals surface area contributed by atoms with Gasteiger partial charge >= 0.3 is 5.97 Å². The minimum absolute atomic E-state index is 0.0398. The Morgan fingerprint density at radius 3 is 2.86 bits per heavy atom. The number of hydrogen-bond donors (Lipinski definition) is 2. The summed E-state index contributed by atoms with van der Waals surface area (Å²) in [6.45, 7) is 0.461. The number of nitrogens with two attached hydrogens (primary N) is 1. The molecule has 2 aromatic rings. The lowest BCUT2D eigenvalue weighted by Gasteiger charge is -2.13. The molecular weight excluding hydrogens is 286 g/mol. The molecule has 0 aromatic heterocycles. The third-order valence-electron chi connectivity index (χ3n) is 3.41.